The molecule has 2 aromatic rings. The SMILES string of the molecule is C#CCOc1nnnc2ccccc12. The van der Waals surface area contributed by atoms with Crippen LogP contribution < -0.4 is 4.74 Å². The molecule has 4 heteroatoms. The Kier molecular flexibility index (Phi) is 2.24. The summed E-state index contributed by atoms with van der Waals surface area (Å²) in [6, 6.07) is 7.46. The Balaban J connectivity index is 2.49. The van der Waals surface area contributed by atoms with Crippen molar-refractivity contribution in [2.45, 2.75) is 0 Å². The van der Waals surface area contributed by atoms with Crippen molar-refractivity contribution in [3.05, 3.63) is 24.3 Å². The second kappa shape index (κ2) is 3.71. The molecule has 0 amide bonds. The quantitative estimate of drug-likeness (QED) is 0.656. The third-order valence-corrected chi connectivity index (χ3v) is 1.71. The normalized spacial score (nSPS) is 9.64. The molecule has 1 aromatic heterocycles. The molecule has 0 N–H and O–H groups in total. The maximum atomic E-state index is 5.22. The van der Waals surface area contributed by atoms with E-state index < -0.39 is 0 Å². The number of hydrogen-bond donors (Lipinski definition) is 0. The van der Waals surface area contributed by atoms with Gasteiger partial charge in [-0.1, -0.05) is 23.2 Å². The van der Waals surface area contributed by atoms with Gasteiger partial charge in [-0.3, -0.25) is 0 Å². The number of nitrogens with zero attached hydrogens (tertiary/aromatic N) is 3. The number of terminal acetylenes is 1. The molecule has 1 aromatic carbocycles. The first kappa shape index (κ1) is 8.45. The molecule has 0 aliphatic carbocycles. The molecule has 0 spiro atoms. The van der Waals surface area contributed by atoms with Crippen molar-refractivity contribution < 1.29 is 4.74 Å². The van der Waals surface area contributed by atoms with Gasteiger partial charge in [-0.15, -0.1) is 11.5 Å². The Morgan fingerprint density at radius 2 is 2.14 bits per heavy atom. The summed E-state index contributed by atoms with van der Waals surface area (Å²) in [6.45, 7) is 0.183. The smallest absolute Gasteiger partial charge is 0.245 e. The first-order chi connectivity index (χ1) is 6.92. The van der Waals surface area contributed by atoms with Crippen molar-refractivity contribution in [1.82, 2.24) is 15.4 Å². The largest absolute Gasteiger partial charge is 0.463 e. The number of rotatable bonds is 2. The minimum Gasteiger partial charge on any atom is -0.463 e. The van der Waals surface area contributed by atoms with Gasteiger partial charge in [0.05, 0.1) is 5.39 Å². The van der Waals surface area contributed by atoms with Gasteiger partial charge in [-0.2, -0.15) is 0 Å². The molecule has 1 heterocycles. The van der Waals surface area contributed by atoms with Gasteiger partial charge >= 0.3 is 0 Å². The third-order valence-electron chi connectivity index (χ3n) is 1.71. The molecule has 0 unspecified atom stereocenters. The molecular weight excluding hydrogens is 178 g/mol. The van der Waals surface area contributed by atoms with Crippen LogP contribution in [0.1, 0.15) is 0 Å². The zero-order valence-electron chi connectivity index (χ0n) is 7.34. The van der Waals surface area contributed by atoms with Crippen LogP contribution in [-0.2, 0) is 0 Å². The molecule has 4 nitrogen and oxygen atoms in total. The van der Waals surface area contributed by atoms with Crippen LogP contribution >= 0.6 is 0 Å². The van der Waals surface area contributed by atoms with Gasteiger partial charge in [0, 0.05) is 0 Å². The van der Waals surface area contributed by atoms with E-state index in [-0.39, 0.29) is 6.61 Å². The molecule has 0 bridgehead atoms. The van der Waals surface area contributed by atoms with Gasteiger partial charge < -0.3 is 4.74 Å². The van der Waals surface area contributed by atoms with Gasteiger partial charge in [0.15, 0.2) is 6.61 Å². The predicted octanol–water partition coefficient (Wildman–Crippen LogP) is 1.04. The lowest BCUT2D eigenvalue weighted by atomic mass is 10.2. The highest BCUT2D eigenvalue weighted by Gasteiger charge is 2.03. The molecule has 0 aliphatic rings. The summed E-state index contributed by atoms with van der Waals surface area (Å²) in [7, 11) is 0. The summed E-state index contributed by atoms with van der Waals surface area (Å²) in [6.07, 6.45) is 5.08. The molecule has 2 rings (SSSR count). The summed E-state index contributed by atoms with van der Waals surface area (Å²) in [5, 5.41) is 12.0. The number of hydrogen-bond acceptors (Lipinski definition) is 4. The van der Waals surface area contributed by atoms with Crippen LogP contribution in [0.5, 0.6) is 5.88 Å². The Morgan fingerprint density at radius 1 is 1.29 bits per heavy atom. The summed E-state index contributed by atoms with van der Waals surface area (Å²) < 4.78 is 5.22. The van der Waals surface area contributed by atoms with Crippen LogP contribution in [0.15, 0.2) is 24.3 Å². The molecule has 0 fully saturated rings. The molecular formula is C10H7N3O. The highest BCUT2D eigenvalue weighted by Crippen LogP contribution is 2.18. The fourth-order valence-corrected chi connectivity index (χ4v) is 1.12. The zero-order chi connectivity index (χ0) is 9.80. The van der Waals surface area contributed by atoms with E-state index in [4.69, 9.17) is 11.2 Å². The zero-order valence-corrected chi connectivity index (χ0v) is 7.34. The van der Waals surface area contributed by atoms with E-state index in [1.54, 1.807) is 0 Å². The summed E-state index contributed by atoms with van der Waals surface area (Å²) in [4.78, 5) is 0. The van der Waals surface area contributed by atoms with Crippen LogP contribution in [0, 0.1) is 12.3 Å². The minimum absolute atomic E-state index is 0.183. The average Bonchev–Trinajstić information content (AvgIpc) is 2.26. The average molecular weight is 185 g/mol. The Bertz CT molecular complexity index is 485. The summed E-state index contributed by atoms with van der Waals surface area (Å²) in [5.41, 5.74) is 0.745. The molecule has 68 valence electrons. The molecule has 14 heavy (non-hydrogen) atoms. The van der Waals surface area contributed by atoms with Crippen LogP contribution in [-0.4, -0.2) is 22.0 Å². The maximum absolute atomic E-state index is 5.22. The number of aromatic nitrogens is 3. The Labute approximate surface area is 80.9 Å². The van der Waals surface area contributed by atoms with Crippen LogP contribution in [0.25, 0.3) is 10.9 Å². The van der Waals surface area contributed by atoms with Crippen LogP contribution in [0.4, 0.5) is 0 Å². The van der Waals surface area contributed by atoms with Crippen molar-refractivity contribution in [2.75, 3.05) is 6.61 Å². The molecule has 0 aliphatic heterocycles. The van der Waals surface area contributed by atoms with Gasteiger partial charge in [-0.05, 0) is 17.3 Å². The van der Waals surface area contributed by atoms with Crippen LogP contribution in [0.3, 0.4) is 0 Å². The number of ether oxygens (including phenoxy) is 1. The van der Waals surface area contributed by atoms with Gasteiger partial charge in [0.2, 0.25) is 5.88 Å². The highest BCUT2D eigenvalue weighted by atomic mass is 16.5. The van der Waals surface area contributed by atoms with E-state index in [0.717, 1.165) is 10.9 Å². The van der Waals surface area contributed by atoms with E-state index >= 15 is 0 Å². The Hall–Kier alpha value is -2.15. The van der Waals surface area contributed by atoms with Crippen molar-refractivity contribution in [3.63, 3.8) is 0 Å². The highest BCUT2D eigenvalue weighted by molar-refractivity contribution is 5.82. The van der Waals surface area contributed by atoms with Crippen LogP contribution in [0.2, 0.25) is 0 Å². The van der Waals surface area contributed by atoms with E-state index in [0.29, 0.717) is 5.88 Å². The van der Waals surface area contributed by atoms with E-state index in [9.17, 15) is 0 Å². The van der Waals surface area contributed by atoms with Crippen molar-refractivity contribution in [3.8, 4) is 18.2 Å². The number of fused-ring (bicyclic) bond motifs is 1. The molecule has 0 saturated carbocycles. The van der Waals surface area contributed by atoms with E-state index in [1.807, 2.05) is 24.3 Å². The lowest BCUT2D eigenvalue weighted by molar-refractivity contribution is 0.354. The van der Waals surface area contributed by atoms with Gasteiger partial charge in [-0.25, -0.2) is 0 Å². The molecule has 0 saturated heterocycles. The fraction of sp³-hybridized carbons (Fsp3) is 0.100. The van der Waals surface area contributed by atoms with Gasteiger partial charge in [0.1, 0.15) is 5.52 Å². The minimum atomic E-state index is 0.183. The lowest BCUT2D eigenvalue weighted by Crippen LogP contribution is -1.99. The second-order valence-corrected chi connectivity index (χ2v) is 2.60. The van der Waals surface area contributed by atoms with Crippen molar-refractivity contribution in [2.24, 2.45) is 0 Å². The first-order valence-electron chi connectivity index (χ1n) is 4.06. The maximum Gasteiger partial charge on any atom is 0.245 e. The third kappa shape index (κ3) is 1.48. The Morgan fingerprint density at radius 3 is 3.00 bits per heavy atom. The molecule has 0 radical (unpaired) electrons. The monoisotopic (exact) mass is 185 g/mol. The van der Waals surface area contributed by atoms with E-state index in [2.05, 4.69) is 21.3 Å². The van der Waals surface area contributed by atoms with Crippen molar-refractivity contribution >= 4 is 10.9 Å². The van der Waals surface area contributed by atoms with Gasteiger partial charge in [0.25, 0.3) is 0 Å². The van der Waals surface area contributed by atoms with E-state index in [1.165, 1.54) is 0 Å². The number of benzene rings is 1. The lowest BCUT2D eigenvalue weighted by Gasteiger charge is -2.02. The predicted molar refractivity (Wildman–Crippen MR) is 51.7 cm³/mol. The topological polar surface area (TPSA) is 47.9 Å². The molecule has 0 atom stereocenters. The fourth-order valence-electron chi connectivity index (χ4n) is 1.12. The first-order valence-corrected chi connectivity index (χ1v) is 4.06. The summed E-state index contributed by atoms with van der Waals surface area (Å²) in [5.74, 6) is 2.80. The van der Waals surface area contributed by atoms with Crippen molar-refractivity contribution in [1.29, 1.82) is 0 Å². The standard InChI is InChI=1S/C10H7N3O/c1-2-7-14-10-8-5-3-4-6-9(8)11-13-12-10/h1,3-6H,7H2. The summed E-state index contributed by atoms with van der Waals surface area (Å²) >= 11 is 0. The second-order valence-electron chi connectivity index (χ2n) is 2.60.